The van der Waals surface area contributed by atoms with Gasteiger partial charge in [-0.3, -0.25) is 19.3 Å². The molecule has 2 aliphatic heterocycles. The Morgan fingerprint density at radius 2 is 1.53 bits per heavy atom. The van der Waals surface area contributed by atoms with Crippen LogP contribution in [0.4, 0.5) is 14.9 Å². The van der Waals surface area contributed by atoms with Gasteiger partial charge < -0.3 is 15.5 Å². The van der Waals surface area contributed by atoms with Gasteiger partial charge >= 0.3 is 6.03 Å². The average Bonchev–Trinajstić information content (AvgIpc) is 3.04. The number of carbonyl (C=O) groups is 4. The topological polar surface area (TPSA) is 98.8 Å². The molecule has 1 saturated heterocycles. The molecule has 2 aliphatic rings. The van der Waals surface area contributed by atoms with Crippen LogP contribution in [-0.4, -0.2) is 59.7 Å². The summed E-state index contributed by atoms with van der Waals surface area (Å²) in [5.74, 6) is -1.48. The van der Waals surface area contributed by atoms with Gasteiger partial charge in [-0.1, -0.05) is 12.1 Å². The molecule has 4 rings (SSSR count). The van der Waals surface area contributed by atoms with Crippen LogP contribution in [-0.2, 0) is 4.79 Å². The van der Waals surface area contributed by atoms with E-state index in [-0.39, 0.29) is 24.3 Å². The predicted octanol–water partition coefficient (Wildman–Crippen LogP) is 2.48. The monoisotopic (exact) mass is 438 g/mol. The van der Waals surface area contributed by atoms with Crippen molar-refractivity contribution in [1.82, 2.24) is 15.1 Å². The molecule has 0 spiro atoms. The number of halogens is 1. The zero-order valence-corrected chi connectivity index (χ0v) is 17.3. The summed E-state index contributed by atoms with van der Waals surface area (Å²) in [6.07, 6.45) is 1.42. The number of hydrogen-bond donors (Lipinski definition) is 2. The molecule has 2 heterocycles. The zero-order chi connectivity index (χ0) is 22.7. The molecule has 0 unspecified atom stereocenters. The Balaban J connectivity index is 1.20. The molecule has 5 amide bonds. The fraction of sp³-hybridized carbons (Fsp3) is 0.304. The number of benzene rings is 2. The van der Waals surface area contributed by atoms with E-state index in [4.69, 9.17) is 0 Å². The van der Waals surface area contributed by atoms with Gasteiger partial charge in [-0.2, -0.15) is 0 Å². The molecule has 0 saturated carbocycles. The number of nitrogens with zero attached hydrogens (tertiary/aromatic N) is 2. The number of nitrogens with one attached hydrogen (secondary N) is 2. The lowest BCUT2D eigenvalue weighted by molar-refractivity contribution is -0.121. The lowest BCUT2D eigenvalue weighted by atomic mass is 9.97. The maximum absolute atomic E-state index is 13.0. The molecule has 0 aromatic heterocycles. The average molecular weight is 438 g/mol. The minimum absolute atomic E-state index is 0.191. The second-order valence-electron chi connectivity index (χ2n) is 7.91. The second-order valence-corrected chi connectivity index (χ2v) is 7.91. The van der Waals surface area contributed by atoms with Gasteiger partial charge in [0.1, 0.15) is 12.4 Å². The number of hydrogen-bond acceptors (Lipinski definition) is 4. The van der Waals surface area contributed by atoms with Gasteiger partial charge in [0.15, 0.2) is 0 Å². The van der Waals surface area contributed by atoms with Crippen molar-refractivity contribution in [2.24, 2.45) is 5.92 Å². The molecule has 2 N–H and O–H groups in total. The largest absolute Gasteiger partial charge is 0.354 e. The van der Waals surface area contributed by atoms with Crippen LogP contribution in [0, 0.1) is 11.7 Å². The van der Waals surface area contributed by atoms with Gasteiger partial charge in [-0.05, 0) is 55.2 Å². The summed E-state index contributed by atoms with van der Waals surface area (Å²) in [6.45, 7) is 1.17. The van der Waals surface area contributed by atoms with Crippen LogP contribution in [0.25, 0.3) is 0 Å². The minimum atomic E-state index is -0.457. The molecule has 0 atom stereocenters. The van der Waals surface area contributed by atoms with Crippen LogP contribution in [0.5, 0.6) is 0 Å². The number of likely N-dealkylation sites (tertiary alicyclic amines) is 1. The third kappa shape index (κ3) is 4.61. The number of rotatable bonds is 5. The van der Waals surface area contributed by atoms with Crippen molar-refractivity contribution in [3.05, 3.63) is 65.5 Å². The number of carbonyl (C=O) groups excluding carboxylic acids is 4. The highest BCUT2D eigenvalue weighted by Gasteiger charge is 2.36. The fourth-order valence-corrected chi connectivity index (χ4v) is 3.92. The van der Waals surface area contributed by atoms with Crippen LogP contribution >= 0.6 is 0 Å². The molecule has 2 aromatic carbocycles. The molecule has 0 radical (unpaired) electrons. The van der Waals surface area contributed by atoms with Crippen LogP contribution < -0.4 is 10.6 Å². The van der Waals surface area contributed by atoms with E-state index in [1.54, 1.807) is 29.2 Å². The predicted molar refractivity (Wildman–Crippen MR) is 115 cm³/mol. The summed E-state index contributed by atoms with van der Waals surface area (Å²) in [6, 6.07) is 11.8. The number of amides is 5. The first-order valence-electron chi connectivity index (χ1n) is 10.5. The van der Waals surface area contributed by atoms with Gasteiger partial charge in [0, 0.05) is 25.3 Å². The Bertz CT molecular complexity index is 1010. The van der Waals surface area contributed by atoms with Gasteiger partial charge in [0.25, 0.3) is 11.8 Å². The van der Waals surface area contributed by atoms with Gasteiger partial charge in [-0.25, -0.2) is 9.18 Å². The maximum atomic E-state index is 13.0. The first kappa shape index (κ1) is 21.5. The molecule has 1 fully saturated rings. The van der Waals surface area contributed by atoms with Crippen molar-refractivity contribution >= 4 is 29.4 Å². The van der Waals surface area contributed by atoms with Crippen molar-refractivity contribution < 1.29 is 23.6 Å². The van der Waals surface area contributed by atoms with E-state index >= 15 is 0 Å². The van der Waals surface area contributed by atoms with E-state index in [2.05, 4.69) is 10.6 Å². The summed E-state index contributed by atoms with van der Waals surface area (Å²) in [5, 5.41) is 5.54. The number of fused-ring (bicyclic) bond motifs is 1. The van der Waals surface area contributed by atoms with Crippen molar-refractivity contribution in [1.29, 1.82) is 0 Å². The normalized spacial score (nSPS) is 16.2. The summed E-state index contributed by atoms with van der Waals surface area (Å²) in [4.78, 5) is 52.0. The third-order valence-electron chi connectivity index (χ3n) is 5.77. The minimum Gasteiger partial charge on any atom is -0.354 e. The van der Waals surface area contributed by atoms with Crippen molar-refractivity contribution in [2.45, 2.75) is 12.8 Å². The number of urea groups is 1. The third-order valence-corrected chi connectivity index (χ3v) is 5.77. The van der Waals surface area contributed by atoms with E-state index < -0.39 is 17.7 Å². The molecule has 8 nitrogen and oxygen atoms in total. The molecular formula is C23H23FN4O4. The standard InChI is InChI=1S/C23H23FN4O4/c24-16-5-7-17(8-6-16)26-23(32)27-11-9-15(10-12-27)13-25-20(29)14-28-21(30)18-3-1-2-4-19(18)22(28)31/h1-8,15H,9-14H2,(H,25,29)(H,26,32). The summed E-state index contributed by atoms with van der Waals surface area (Å²) < 4.78 is 13.0. The van der Waals surface area contributed by atoms with Crippen LogP contribution in [0.15, 0.2) is 48.5 Å². The first-order valence-corrected chi connectivity index (χ1v) is 10.5. The number of imide groups is 1. The van der Waals surface area contributed by atoms with Gasteiger partial charge in [0.05, 0.1) is 11.1 Å². The molecule has 2 aromatic rings. The lowest BCUT2D eigenvalue weighted by Crippen LogP contribution is -2.45. The highest BCUT2D eigenvalue weighted by Crippen LogP contribution is 2.22. The molecule has 0 aliphatic carbocycles. The van der Waals surface area contributed by atoms with Crippen molar-refractivity contribution in [2.75, 3.05) is 31.5 Å². The highest BCUT2D eigenvalue weighted by molar-refractivity contribution is 6.22. The van der Waals surface area contributed by atoms with E-state index in [9.17, 15) is 23.6 Å². The number of piperidine rings is 1. The Morgan fingerprint density at radius 1 is 0.938 bits per heavy atom. The van der Waals surface area contributed by atoms with Crippen molar-refractivity contribution in [3.8, 4) is 0 Å². The smallest absolute Gasteiger partial charge is 0.321 e. The van der Waals surface area contributed by atoms with Gasteiger partial charge in [0.2, 0.25) is 5.91 Å². The quantitative estimate of drug-likeness (QED) is 0.701. The van der Waals surface area contributed by atoms with Crippen LogP contribution in [0.3, 0.4) is 0 Å². The SMILES string of the molecule is O=C(CN1C(=O)c2ccccc2C1=O)NCC1CCN(C(=O)Nc2ccc(F)cc2)CC1. The lowest BCUT2D eigenvalue weighted by Gasteiger charge is -2.32. The van der Waals surface area contributed by atoms with Gasteiger partial charge in [-0.15, -0.1) is 0 Å². The zero-order valence-electron chi connectivity index (χ0n) is 17.3. The highest BCUT2D eigenvalue weighted by atomic mass is 19.1. The number of anilines is 1. The molecular weight excluding hydrogens is 415 g/mol. The second kappa shape index (κ2) is 9.17. The Hall–Kier alpha value is -3.75. The molecule has 0 bridgehead atoms. The van der Waals surface area contributed by atoms with Crippen LogP contribution in [0.1, 0.15) is 33.6 Å². The van der Waals surface area contributed by atoms with Crippen molar-refractivity contribution in [3.63, 3.8) is 0 Å². The molecule has 32 heavy (non-hydrogen) atoms. The maximum Gasteiger partial charge on any atom is 0.321 e. The first-order chi connectivity index (χ1) is 15.4. The fourth-order valence-electron chi connectivity index (χ4n) is 3.92. The molecule has 9 heteroatoms. The summed E-state index contributed by atoms with van der Waals surface area (Å²) >= 11 is 0. The van der Waals surface area contributed by atoms with E-state index in [1.807, 2.05) is 0 Å². The Kier molecular flexibility index (Phi) is 6.16. The Morgan fingerprint density at radius 3 is 2.12 bits per heavy atom. The Labute approximate surface area is 184 Å². The van der Waals surface area contributed by atoms with E-state index in [0.29, 0.717) is 49.3 Å². The van der Waals surface area contributed by atoms with E-state index in [1.165, 1.54) is 24.3 Å². The van der Waals surface area contributed by atoms with E-state index in [0.717, 1.165) is 4.90 Å². The summed E-state index contributed by atoms with van der Waals surface area (Å²) in [7, 11) is 0. The van der Waals surface area contributed by atoms with Crippen LogP contribution in [0.2, 0.25) is 0 Å². The summed E-state index contributed by atoms with van der Waals surface area (Å²) in [5.41, 5.74) is 1.16. The molecule has 166 valence electrons.